The van der Waals surface area contributed by atoms with Crippen molar-refractivity contribution in [1.82, 2.24) is 10.2 Å². The average molecular weight is 294 g/mol. The zero-order chi connectivity index (χ0) is 14.6. The monoisotopic (exact) mass is 294 g/mol. The van der Waals surface area contributed by atoms with Gasteiger partial charge in [0.05, 0.1) is 5.54 Å². The summed E-state index contributed by atoms with van der Waals surface area (Å²) in [6.45, 7) is 7.18. The highest BCUT2D eigenvalue weighted by atomic mass is 32.1. The second kappa shape index (κ2) is 6.72. The molecule has 1 fully saturated rings. The lowest BCUT2D eigenvalue weighted by molar-refractivity contribution is -0.133. The third-order valence-electron chi connectivity index (χ3n) is 4.32. The van der Waals surface area contributed by atoms with Gasteiger partial charge in [-0.3, -0.25) is 10.1 Å². The lowest BCUT2D eigenvalue weighted by atomic mass is 9.99. The van der Waals surface area contributed by atoms with E-state index in [1.807, 2.05) is 11.8 Å². The fourth-order valence-corrected chi connectivity index (χ4v) is 3.44. The molecule has 1 aliphatic rings. The van der Waals surface area contributed by atoms with Gasteiger partial charge in [-0.15, -0.1) is 0 Å². The normalized spacial score (nSPS) is 26.4. The smallest absolute Gasteiger partial charge is 0.244 e. The third-order valence-corrected chi connectivity index (χ3v) is 5.02. The number of carbonyl (C=O) groups is 1. The van der Waals surface area contributed by atoms with Crippen LogP contribution in [-0.4, -0.2) is 22.9 Å². The van der Waals surface area contributed by atoms with Crippen LogP contribution in [0.5, 0.6) is 0 Å². The van der Waals surface area contributed by atoms with Crippen molar-refractivity contribution in [2.24, 2.45) is 0 Å². The zero-order valence-corrected chi connectivity index (χ0v) is 13.6. The first kappa shape index (κ1) is 15.5. The minimum Gasteiger partial charge on any atom is -0.321 e. The molecule has 0 saturated carbocycles. The van der Waals surface area contributed by atoms with Crippen molar-refractivity contribution in [1.29, 1.82) is 0 Å². The van der Waals surface area contributed by atoms with Gasteiger partial charge in [-0.1, -0.05) is 33.1 Å². The molecular weight excluding hydrogens is 268 g/mol. The molecule has 0 aliphatic carbocycles. The summed E-state index contributed by atoms with van der Waals surface area (Å²) in [6, 6.07) is 2.12. The third kappa shape index (κ3) is 3.07. The summed E-state index contributed by atoms with van der Waals surface area (Å²) < 4.78 is 0. The maximum atomic E-state index is 12.7. The topological polar surface area (TPSA) is 32.3 Å². The van der Waals surface area contributed by atoms with E-state index in [4.69, 9.17) is 0 Å². The van der Waals surface area contributed by atoms with Gasteiger partial charge in [0.25, 0.3) is 0 Å². The summed E-state index contributed by atoms with van der Waals surface area (Å²) in [4.78, 5) is 14.7. The largest absolute Gasteiger partial charge is 0.321 e. The molecule has 1 N–H and O–H groups in total. The molecule has 20 heavy (non-hydrogen) atoms. The molecule has 1 amide bonds. The van der Waals surface area contributed by atoms with Crippen molar-refractivity contribution >= 4 is 17.2 Å². The van der Waals surface area contributed by atoms with Crippen LogP contribution in [0.25, 0.3) is 0 Å². The van der Waals surface area contributed by atoms with Crippen molar-refractivity contribution in [3.05, 3.63) is 22.4 Å². The van der Waals surface area contributed by atoms with Gasteiger partial charge in [-0.05, 0) is 42.2 Å². The molecule has 2 atom stereocenters. The summed E-state index contributed by atoms with van der Waals surface area (Å²) in [5, 5.41) is 7.77. The molecule has 1 saturated heterocycles. The van der Waals surface area contributed by atoms with E-state index in [0.29, 0.717) is 0 Å². The van der Waals surface area contributed by atoms with Crippen LogP contribution in [0.2, 0.25) is 0 Å². The fourth-order valence-electron chi connectivity index (χ4n) is 2.76. The van der Waals surface area contributed by atoms with E-state index in [-0.39, 0.29) is 12.1 Å². The van der Waals surface area contributed by atoms with E-state index in [1.165, 1.54) is 24.8 Å². The molecule has 1 aliphatic heterocycles. The van der Waals surface area contributed by atoms with Crippen molar-refractivity contribution < 1.29 is 4.79 Å². The van der Waals surface area contributed by atoms with Gasteiger partial charge in [-0.25, -0.2) is 0 Å². The molecule has 2 rings (SSSR count). The molecule has 1 aromatic rings. The summed E-state index contributed by atoms with van der Waals surface area (Å²) in [6.07, 6.45) is 5.68. The Balaban J connectivity index is 2.09. The van der Waals surface area contributed by atoms with Crippen LogP contribution in [0.4, 0.5) is 0 Å². The highest BCUT2D eigenvalue weighted by molar-refractivity contribution is 7.07. The SMILES string of the molecule is CCCCCCN1C(=O)C(C)(CC)NC1c1ccsc1. The van der Waals surface area contributed by atoms with Crippen molar-refractivity contribution in [3.8, 4) is 0 Å². The van der Waals surface area contributed by atoms with E-state index in [9.17, 15) is 4.79 Å². The second-order valence-electron chi connectivity index (χ2n) is 5.85. The number of amides is 1. The maximum Gasteiger partial charge on any atom is 0.244 e. The quantitative estimate of drug-likeness (QED) is 0.773. The van der Waals surface area contributed by atoms with Crippen LogP contribution in [0, 0.1) is 0 Å². The van der Waals surface area contributed by atoms with E-state index in [1.54, 1.807) is 11.3 Å². The van der Waals surface area contributed by atoms with Crippen LogP contribution in [0.15, 0.2) is 16.8 Å². The number of unbranched alkanes of at least 4 members (excludes halogenated alkanes) is 3. The number of thiophene rings is 1. The Bertz CT molecular complexity index is 432. The minimum atomic E-state index is -0.405. The van der Waals surface area contributed by atoms with Crippen LogP contribution in [0.3, 0.4) is 0 Å². The van der Waals surface area contributed by atoms with Gasteiger partial charge in [0.1, 0.15) is 6.17 Å². The molecule has 4 heteroatoms. The summed E-state index contributed by atoms with van der Waals surface area (Å²) in [7, 11) is 0. The van der Waals surface area contributed by atoms with E-state index < -0.39 is 5.54 Å². The minimum absolute atomic E-state index is 0.0559. The number of hydrogen-bond acceptors (Lipinski definition) is 3. The van der Waals surface area contributed by atoms with Gasteiger partial charge in [0.15, 0.2) is 0 Å². The van der Waals surface area contributed by atoms with Gasteiger partial charge in [0.2, 0.25) is 5.91 Å². The first-order valence-corrected chi connectivity index (χ1v) is 8.67. The fraction of sp³-hybridized carbons (Fsp3) is 0.688. The van der Waals surface area contributed by atoms with Gasteiger partial charge in [-0.2, -0.15) is 11.3 Å². The highest BCUT2D eigenvalue weighted by Gasteiger charge is 2.46. The summed E-state index contributed by atoms with van der Waals surface area (Å²) >= 11 is 1.69. The van der Waals surface area contributed by atoms with Crippen LogP contribution >= 0.6 is 11.3 Å². The van der Waals surface area contributed by atoms with Crippen LogP contribution in [-0.2, 0) is 4.79 Å². The van der Waals surface area contributed by atoms with Gasteiger partial charge >= 0.3 is 0 Å². The lowest BCUT2D eigenvalue weighted by Crippen LogP contribution is -2.43. The van der Waals surface area contributed by atoms with E-state index in [2.05, 4.69) is 36.0 Å². The molecule has 0 spiro atoms. The lowest BCUT2D eigenvalue weighted by Gasteiger charge is -2.23. The number of rotatable bonds is 7. The number of hydrogen-bond donors (Lipinski definition) is 1. The first-order chi connectivity index (χ1) is 9.62. The Morgan fingerprint density at radius 1 is 1.35 bits per heavy atom. The number of carbonyl (C=O) groups excluding carboxylic acids is 1. The molecule has 112 valence electrons. The Morgan fingerprint density at radius 3 is 2.75 bits per heavy atom. The summed E-state index contributed by atoms with van der Waals surface area (Å²) in [5.74, 6) is 0.257. The van der Waals surface area contributed by atoms with E-state index >= 15 is 0 Å². The van der Waals surface area contributed by atoms with Crippen molar-refractivity contribution in [2.45, 2.75) is 64.6 Å². The Kier molecular flexibility index (Phi) is 5.22. The second-order valence-corrected chi connectivity index (χ2v) is 6.63. The predicted octanol–water partition coefficient (Wildman–Crippen LogP) is 3.93. The Morgan fingerprint density at radius 2 is 2.15 bits per heavy atom. The molecule has 2 unspecified atom stereocenters. The average Bonchev–Trinajstić information content (AvgIpc) is 3.05. The molecule has 2 heterocycles. The molecule has 3 nitrogen and oxygen atoms in total. The Labute approximate surface area is 126 Å². The standard InChI is InChI=1S/C16H26N2OS/c1-4-6-7-8-10-18-14(13-9-11-20-12-13)17-16(3,5-2)15(18)19/h9,11-12,14,17H,4-8,10H2,1-3H3. The molecule has 1 aromatic heterocycles. The molecule has 0 bridgehead atoms. The maximum absolute atomic E-state index is 12.7. The van der Waals surface area contributed by atoms with Gasteiger partial charge < -0.3 is 4.90 Å². The van der Waals surface area contributed by atoms with E-state index in [0.717, 1.165) is 19.4 Å². The van der Waals surface area contributed by atoms with Crippen LogP contribution < -0.4 is 5.32 Å². The molecular formula is C16H26N2OS. The number of nitrogens with one attached hydrogen (secondary N) is 1. The molecule has 0 radical (unpaired) electrons. The zero-order valence-electron chi connectivity index (χ0n) is 12.8. The Hall–Kier alpha value is -0.870. The van der Waals surface area contributed by atoms with Gasteiger partial charge in [0, 0.05) is 6.54 Å². The first-order valence-electron chi connectivity index (χ1n) is 7.73. The summed E-state index contributed by atoms with van der Waals surface area (Å²) in [5.41, 5.74) is 0.813. The molecule has 0 aromatic carbocycles. The van der Waals surface area contributed by atoms with Crippen LogP contribution in [0.1, 0.15) is 64.6 Å². The van der Waals surface area contributed by atoms with Crippen molar-refractivity contribution in [2.75, 3.05) is 6.54 Å². The number of nitrogens with zero attached hydrogens (tertiary/aromatic N) is 1. The van der Waals surface area contributed by atoms with Crippen molar-refractivity contribution in [3.63, 3.8) is 0 Å². The predicted molar refractivity (Wildman–Crippen MR) is 84.7 cm³/mol. The highest BCUT2D eigenvalue weighted by Crippen LogP contribution is 2.33.